The molecule has 0 fully saturated rings. The minimum atomic E-state index is -1.41. The molecule has 2 rings (SSSR count). The summed E-state index contributed by atoms with van der Waals surface area (Å²) in [6.45, 7) is -0.663. The van der Waals surface area contributed by atoms with E-state index in [4.69, 9.17) is 9.47 Å². The van der Waals surface area contributed by atoms with E-state index in [9.17, 15) is 19.5 Å². The number of hydrogen-bond acceptors (Lipinski definition) is 6. The Labute approximate surface area is 138 Å². The molecule has 0 amide bonds. The first kappa shape index (κ1) is 17.4. The molecule has 0 spiro atoms. The van der Waals surface area contributed by atoms with E-state index in [0.29, 0.717) is 6.29 Å². The van der Waals surface area contributed by atoms with Crippen LogP contribution in [0.4, 0.5) is 0 Å². The van der Waals surface area contributed by atoms with Gasteiger partial charge in [-0.15, -0.1) is 0 Å². The van der Waals surface area contributed by atoms with Crippen molar-refractivity contribution >= 4 is 18.2 Å². The van der Waals surface area contributed by atoms with Gasteiger partial charge in [-0.25, -0.2) is 9.59 Å². The van der Waals surface area contributed by atoms with Crippen molar-refractivity contribution in [2.75, 3.05) is 6.61 Å². The number of carbonyl (C=O) groups excluding carboxylic acids is 3. The Morgan fingerprint density at radius 3 is 1.75 bits per heavy atom. The molecule has 0 heterocycles. The van der Waals surface area contributed by atoms with Crippen molar-refractivity contribution in [3.05, 3.63) is 71.8 Å². The van der Waals surface area contributed by atoms with Gasteiger partial charge in [0.25, 0.3) is 0 Å². The summed E-state index contributed by atoms with van der Waals surface area (Å²) in [5.74, 6) is -1.47. The van der Waals surface area contributed by atoms with Crippen molar-refractivity contribution in [2.45, 2.75) is 12.2 Å². The highest BCUT2D eigenvalue weighted by atomic mass is 16.6. The first-order valence-electron chi connectivity index (χ1n) is 7.24. The minimum absolute atomic E-state index is 0.246. The fraction of sp³-hybridized carbons (Fsp3) is 0.167. The van der Waals surface area contributed by atoms with Crippen LogP contribution in [0.1, 0.15) is 20.7 Å². The lowest BCUT2D eigenvalue weighted by molar-refractivity contribution is -0.123. The van der Waals surface area contributed by atoms with E-state index in [0.717, 1.165) is 0 Å². The summed E-state index contributed by atoms with van der Waals surface area (Å²) in [7, 11) is 0. The smallest absolute Gasteiger partial charge is 0.338 e. The first-order valence-corrected chi connectivity index (χ1v) is 7.24. The van der Waals surface area contributed by atoms with Crippen LogP contribution in [0.3, 0.4) is 0 Å². The third-order valence-corrected chi connectivity index (χ3v) is 3.20. The van der Waals surface area contributed by atoms with Gasteiger partial charge in [0.05, 0.1) is 17.7 Å². The van der Waals surface area contributed by atoms with Gasteiger partial charge in [-0.1, -0.05) is 36.4 Å². The Balaban J connectivity index is 2.05. The maximum atomic E-state index is 12.0. The molecule has 0 saturated carbocycles. The quantitative estimate of drug-likeness (QED) is 0.614. The summed E-state index contributed by atoms with van der Waals surface area (Å²) in [6.07, 6.45) is -2.38. The van der Waals surface area contributed by atoms with Crippen LogP contribution in [-0.2, 0) is 14.3 Å². The van der Waals surface area contributed by atoms with E-state index in [1.54, 1.807) is 36.4 Å². The molecule has 0 aromatic heterocycles. The molecule has 2 aromatic carbocycles. The van der Waals surface area contributed by atoms with Gasteiger partial charge in [0.2, 0.25) is 0 Å². The predicted octanol–water partition coefficient (Wildman–Crippen LogP) is 1.63. The molecule has 2 atom stereocenters. The van der Waals surface area contributed by atoms with Crippen LogP contribution in [0, 0.1) is 0 Å². The van der Waals surface area contributed by atoms with Crippen LogP contribution in [0.15, 0.2) is 60.7 Å². The highest BCUT2D eigenvalue weighted by Gasteiger charge is 2.28. The lowest BCUT2D eigenvalue weighted by atomic mass is 10.2. The van der Waals surface area contributed by atoms with E-state index in [2.05, 4.69) is 0 Å². The van der Waals surface area contributed by atoms with Crippen molar-refractivity contribution in [3.8, 4) is 0 Å². The fourth-order valence-corrected chi connectivity index (χ4v) is 1.95. The van der Waals surface area contributed by atoms with Crippen molar-refractivity contribution < 1.29 is 29.0 Å². The third-order valence-electron chi connectivity index (χ3n) is 3.20. The maximum Gasteiger partial charge on any atom is 0.338 e. The molecule has 0 aliphatic carbocycles. The van der Waals surface area contributed by atoms with E-state index in [1.807, 2.05) is 0 Å². The zero-order valence-electron chi connectivity index (χ0n) is 12.7. The molecule has 24 heavy (non-hydrogen) atoms. The Morgan fingerprint density at radius 2 is 1.33 bits per heavy atom. The predicted molar refractivity (Wildman–Crippen MR) is 84.4 cm³/mol. The summed E-state index contributed by atoms with van der Waals surface area (Å²) in [4.78, 5) is 35.2. The van der Waals surface area contributed by atoms with Crippen LogP contribution < -0.4 is 0 Å². The van der Waals surface area contributed by atoms with Gasteiger partial charge in [0, 0.05) is 0 Å². The van der Waals surface area contributed by atoms with Crippen molar-refractivity contribution in [1.82, 2.24) is 0 Å². The molecule has 0 radical (unpaired) electrons. The summed E-state index contributed by atoms with van der Waals surface area (Å²) in [5, 5.41) is 9.38. The molecular weight excluding hydrogens is 312 g/mol. The van der Waals surface area contributed by atoms with Gasteiger partial charge in [-0.2, -0.15) is 0 Å². The lowest BCUT2D eigenvalue weighted by Gasteiger charge is -2.21. The lowest BCUT2D eigenvalue weighted by Crippen LogP contribution is -2.39. The Morgan fingerprint density at radius 1 is 0.875 bits per heavy atom. The van der Waals surface area contributed by atoms with Gasteiger partial charge in [0.1, 0.15) is 0 Å². The summed E-state index contributed by atoms with van der Waals surface area (Å²) in [5.41, 5.74) is 0.505. The SMILES string of the molecule is O=C[C@H](OC(=O)c1ccccc1)[C@H](CO)OC(=O)c1ccccc1. The zero-order valence-corrected chi connectivity index (χ0v) is 12.7. The molecule has 6 heteroatoms. The Kier molecular flexibility index (Phi) is 6.22. The number of aliphatic hydroxyl groups is 1. The number of aldehydes is 1. The number of aliphatic hydroxyl groups excluding tert-OH is 1. The average Bonchev–Trinajstić information content (AvgIpc) is 2.65. The fourth-order valence-electron chi connectivity index (χ4n) is 1.95. The second kappa shape index (κ2) is 8.59. The van der Waals surface area contributed by atoms with E-state index < -0.39 is 30.8 Å². The first-order chi connectivity index (χ1) is 11.7. The number of hydrogen-bond donors (Lipinski definition) is 1. The van der Waals surface area contributed by atoms with Crippen LogP contribution >= 0.6 is 0 Å². The van der Waals surface area contributed by atoms with Crippen molar-refractivity contribution in [1.29, 1.82) is 0 Å². The summed E-state index contributed by atoms with van der Waals surface area (Å²) >= 11 is 0. The van der Waals surface area contributed by atoms with Crippen LogP contribution in [-0.4, -0.2) is 42.1 Å². The van der Waals surface area contributed by atoms with Gasteiger partial charge >= 0.3 is 11.9 Å². The monoisotopic (exact) mass is 328 g/mol. The van der Waals surface area contributed by atoms with E-state index in [1.165, 1.54) is 24.3 Å². The van der Waals surface area contributed by atoms with Crippen molar-refractivity contribution in [2.24, 2.45) is 0 Å². The second-order valence-corrected chi connectivity index (χ2v) is 4.86. The van der Waals surface area contributed by atoms with Crippen molar-refractivity contribution in [3.63, 3.8) is 0 Å². The largest absolute Gasteiger partial charge is 0.452 e. The van der Waals surface area contributed by atoms with Crippen LogP contribution in [0.25, 0.3) is 0 Å². The Hall–Kier alpha value is -2.99. The summed E-state index contributed by atoms with van der Waals surface area (Å²) < 4.78 is 10.1. The van der Waals surface area contributed by atoms with E-state index in [-0.39, 0.29) is 11.1 Å². The molecular formula is C18H16O6. The molecule has 1 N–H and O–H groups in total. The van der Waals surface area contributed by atoms with Gasteiger partial charge < -0.3 is 14.6 Å². The third kappa shape index (κ3) is 4.50. The molecule has 0 aliphatic rings. The number of ether oxygens (including phenoxy) is 2. The highest BCUT2D eigenvalue weighted by Crippen LogP contribution is 2.11. The number of esters is 2. The van der Waals surface area contributed by atoms with Crippen LogP contribution in [0.5, 0.6) is 0 Å². The van der Waals surface area contributed by atoms with Gasteiger partial charge in [-0.05, 0) is 24.3 Å². The highest BCUT2D eigenvalue weighted by molar-refractivity contribution is 5.91. The molecule has 0 bridgehead atoms. The zero-order chi connectivity index (χ0) is 17.4. The number of carbonyl (C=O) groups is 3. The number of rotatable bonds is 7. The van der Waals surface area contributed by atoms with E-state index >= 15 is 0 Å². The molecule has 0 aliphatic heterocycles. The topological polar surface area (TPSA) is 89.9 Å². The Bertz CT molecular complexity index is 683. The average molecular weight is 328 g/mol. The molecule has 0 saturated heterocycles. The second-order valence-electron chi connectivity index (χ2n) is 4.86. The van der Waals surface area contributed by atoms with Gasteiger partial charge in [0.15, 0.2) is 18.5 Å². The standard InChI is InChI=1S/C18H16O6/c19-11-15(23-17(21)13-7-3-1-4-8-13)16(12-20)24-18(22)14-9-5-2-6-10-14/h1-11,15-16,20H,12H2/t15-,16-/m0/s1. The number of benzene rings is 2. The molecule has 124 valence electrons. The molecule has 0 unspecified atom stereocenters. The molecule has 2 aromatic rings. The normalized spacial score (nSPS) is 12.7. The minimum Gasteiger partial charge on any atom is -0.452 e. The maximum absolute atomic E-state index is 12.0. The molecule has 6 nitrogen and oxygen atoms in total. The van der Waals surface area contributed by atoms with Crippen LogP contribution in [0.2, 0.25) is 0 Å². The van der Waals surface area contributed by atoms with Gasteiger partial charge in [-0.3, -0.25) is 4.79 Å². The summed E-state index contributed by atoms with van der Waals surface area (Å²) in [6, 6.07) is 16.2.